The van der Waals surface area contributed by atoms with Crippen molar-refractivity contribution in [2.45, 2.75) is 11.8 Å². The van der Waals surface area contributed by atoms with Crippen LogP contribution in [0.5, 0.6) is 5.88 Å². The lowest BCUT2D eigenvalue weighted by molar-refractivity contribution is -0.115. The van der Waals surface area contributed by atoms with Crippen molar-refractivity contribution in [3.8, 4) is 5.88 Å². The fraction of sp³-hybridized carbons (Fsp3) is 0.0909. The van der Waals surface area contributed by atoms with E-state index in [1.54, 1.807) is 6.08 Å². The van der Waals surface area contributed by atoms with Crippen LogP contribution >= 0.6 is 12.2 Å². The van der Waals surface area contributed by atoms with Crippen molar-refractivity contribution in [2.24, 2.45) is 0 Å². The molecule has 3 aromatic rings. The number of ether oxygens (including phenoxy) is 1. The molecule has 0 aliphatic rings. The Hall–Kier alpha value is -3.83. The Morgan fingerprint density at radius 1 is 1.00 bits per heavy atom. The van der Waals surface area contributed by atoms with Crippen molar-refractivity contribution in [3.63, 3.8) is 0 Å². The highest BCUT2D eigenvalue weighted by Gasteiger charge is 2.15. The summed E-state index contributed by atoms with van der Waals surface area (Å²) in [5.74, 6) is -0.0697. The lowest BCUT2D eigenvalue weighted by Gasteiger charge is -2.10. The lowest BCUT2D eigenvalue weighted by atomic mass is 10.1. The van der Waals surface area contributed by atoms with Gasteiger partial charge in [0.1, 0.15) is 0 Å². The van der Waals surface area contributed by atoms with E-state index in [0.29, 0.717) is 5.69 Å². The molecule has 9 nitrogen and oxygen atoms in total. The summed E-state index contributed by atoms with van der Waals surface area (Å²) in [5, 5.41) is 12.9. The van der Waals surface area contributed by atoms with E-state index in [4.69, 9.17) is 17.0 Å². The number of thiocarbonyl (C=S) groups is 1. The summed E-state index contributed by atoms with van der Waals surface area (Å²) in [6.07, 6.45) is 3.05. The minimum absolute atomic E-state index is 0.0154. The number of rotatable bonds is 7. The smallest absolute Gasteiger partial charge is 0.263 e. The van der Waals surface area contributed by atoms with E-state index in [2.05, 4.69) is 25.6 Å². The summed E-state index contributed by atoms with van der Waals surface area (Å²) in [6, 6.07) is 16.5. The van der Waals surface area contributed by atoms with Gasteiger partial charge in [-0.3, -0.25) is 14.8 Å². The molecule has 1 heterocycles. The van der Waals surface area contributed by atoms with Crippen LogP contribution in [0.15, 0.2) is 71.6 Å². The Bertz CT molecular complexity index is 1260. The number of sulfonamides is 1. The van der Waals surface area contributed by atoms with Crippen LogP contribution in [0.1, 0.15) is 11.1 Å². The van der Waals surface area contributed by atoms with E-state index in [0.717, 1.165) is 11.1 Å². The summed E-state index contributed by atoms with van der Waals surface area (Å²) in [6.45, 7) is 1.98. The van der Waals surface area contributed by atoms with Crippen LogP contribution in [-0.4, -0.2) is 36.7 Å². The highest BCUT2D eigenvalue weighted by atomic mass is 32.2. The van der Waals surface area contributed by atoms with Gasteiger partial charge in [-0.25, -0.2) is 8.42 Å². The zero-order valence-electron chi connectivity index (χ0n) is 17.8. The van der Waals surface area contributed by atoms with Crippen molar-refractivity contribution in [1.82, 2.24) is 15.5 Å². The van der Waals surface area contributed by atoms with Crippen LogP contribution in [0.2, 0.25) is 0 Å². The predicted octanol–water partition coefficient (Wildman–Crippen LogP) is 3.12. The Balaban J connectivity index is 1.56. The maximum atomic E-state index is 12.5. The number of nitrogens with zero attached hydrogens (tertiary/aromatic N) is 2. The standard InChI is InChI=1S/C22H21N5O4S2/c1-15-3-5-16(6-4-15)7-13-20(28)24-22(32)23-17-8-10-18(11-9-17)33(29,30)27-19-12-14-21(31-2)26-25-19/h3-14H,1-2H3,(H,25,27)(H2,23,24,28,32). The summed E-state index contributed by atoms with van der Waals surface area (Å²) in [7, 11) is -2.43. The molecule has 0 aliphatic heterocycles. The van der Waals surface area contributed by atoms with Crippen LogP contribution in [-0.2, 0) is 14.8 Å². The third-order valence-electron chi connectivity index (χ3n) is 4.25. The van der Waals surface area contributed by atoms with E-state index in [9.17, 15) is 13.2 Å². The van der Waals surface area contributed by atoms with Crippen molar-refractivity contribution >= 4 is 50.8 Å². The molecule has 0 bridgehead atoms. The molecule has 0 atom stereocenters. The zero-order valence-corrected chi connectivity index (χ0v) is 19.4. The molecular weight excluding hydrogens is 462 g/mol. The van der Waals surface area contributed by atoms with Gasteiger partial charge in [0, 0.05) is 17.8 Å². The highest BCUT2D eigenvalue weighted by molar-refractivity contribution is 7.92. The number of carbonyl (C=O) groups excluding carboxylic acids is 1. The Labute approximate surface area is 196 Å². The Morgan fingerprint density at radius 2 is 1.70 bits per heavy atom. The maximum Gasteiger partial charge on any atom is 0.263 e. The number of amides is 1. The monoisotopic (exact) mass is 483 g/mol. The molecule has 0 saturated heterocycles. The quantitative estimate of drug-likeness (QED) is 0.346. The summed E-state index contributed by atoms with van der Waals surface area (Å²) in [4.78, 5) is 12.1. The fourth-order valence-electron chi connectivity index (χ4n) is 2.56. The second-order valence-electron chi connectivity index (χ2n) is 6.78. The van der Waals surface area contributed by atoms with Gasteiger partial charge in [-0.15, -0.1) is 10.2 Å². The van der Waals surface area contributed by atoms with Gasteiger partial charge in [0.05, 0.1) is 12.0 Å². The molecule has 11 heteroatoms. The second-order valence-corrected chi connectivity index (χ2v) is 8.87. The molecule has 33 heavy (non-hydrogen) atoms. The average Bonchev–Trinajstić information content (AvgIpc) is 2.79. The number of anilines is 2. The van der Waals surface area contributed by atoms with E-state index in [-0.39, 0.29) is 21.7 Å². The number of aromatic nitrogens is 2. The van der Waals surface area contributed by atoms with E-state index < -0.39 is 15.9 Å². The SMILES string of the molecule is COc1ccc(NS(=O)(=O)c2ccc(NC(=S)NC(=O)C=Cc3ccc(C)cc3)cc2)nn1. The molecule has 0 radical (unpaired) electrons. The molecule has 0 saturated carbocycles. The molecule has 0 fully saturated rings. The minimum atomic E-state index is -3.87. The van der Waals surface area contributed by atoms with Gasteiger partial charge >= 0.3 is 0 Å². The summed E-state index contributed by atoms with van der Waals surface area (Å²) in [5.41, 5.74) is 2.53. The third kappa shape index (κ3) is 7.09. The van der Waals surface area contributed by atoms with Crippen molar-refractivity contribution in [2.75, 3.05) is 17.1 Å². The molecule has 1 amide bonds. The zero-order chi connectivity index (χ0) is 23.8. The van der Waals surface area contributed by atoms with Gasteiger partial charge in [-0.05, 0) is 61.1 Å². The van der Waals surface area contributed by atoms with Gasteiger partial charge < -0.3 is 10.1 Å². The van der Waals surface area contributed by atoms with E-state index >= 15 is 0 Å². The summed E-state index contributed by atoms with van der Waals surface area (Å²) >= 11 is 5.14. The van der Waals surface area contributed by atoms with Gasteiger partial charge in [0.15, 0.2) is 10.9 Å². The van der Waals surface area contributed by atoms with Crippen molar-refractivity contribution in [3.05, 3.63) is 77.9 Å². The molecular formula is C22H21N5O4S2. The lowest BCUT2D eigenvalue weighted by Crippen LogP contribution is -2.32. The number of benzene rings is 2. The number of methoxy groups -OCH3 is 1. The largest absolute Gasteiger partial charge is 0.480 e. The topological polar surface area (TPSA) is 122 Å². The molecule has 2 aromatic carbocycles. The number of nitrogens with one attached hydrogen (secondary N) is 3. The first kappa shape index (κ1) is 23.8. The Morgan fingerprint density at radius 3 is 2.30 bits per heavy atom. The normalized spacial score (nSPS) is 11.1. The van der Waals surface area contributed by atoms with Gasteiger partial charge in [-0.1, -0.05) is 29.8 Å². The van der Waals surface area contributed by atoms with E-state index in [1.807, 2.05) is 31.2 Å². The number of hydrogen-bond acceptors (Lipinski definition) is 7. The molecule has 170 valence electrons. The number of hydrogen-bond donors (Lipinski definition) is 3. The first-order valence-corrected chi connectivity index (χ1v) is 11.5. The Kier molecular flexibility index (Phi) is 7.70. The average molecular weight is 484 g/mol. The molecule has 0 unspecified atom stereocenters. The highest BCUT2D eigenvalue weighted by Crippen LogP contribution is 2.17. The summed E-state index contributed by atoms with van der Waals surface area (Å²) < 4.78 is 32.3. The van der Waals surface area contributed by atoms with Crippen LogP contribution in [0, 0.1) is 6.92 Å². The van der Waals surface area contributed by atoms with Crippen LogP contribution in [0.3, 0.4) is 0 Å². The molecule has 0 spiro atoms. The van der Waals surface area contributed by atoms with Crippen LogP contribution in [0.4, 0.5) is 11.5 Å². The number of aryl methyl sites for hydroxylation is 1. The maximum absolute atomic E-state index is 12.5. The second kappa shape index (κ2) is 10.7. The third-order valence-corrected chi connectivity index (χ3v) is 5.83. The van der Waals surface area contributed by atoms with Crippen LogP contribution < -0.4 is 20.1 Å². The molecule has 1 aromatic heterocycles. The predicted molar refractivity (Wildman–Crippen MR) is 130 cm³/mol. The van der Waals surface area contributed by atoms with Crippen molar-refractivity contribution < 1.29 is 17.9 Å². The van der Waals surface area contributed by atoms with Gasteiger partial charge in [-0.2, -0.15) is 0 Å². The van der Waals surface area contributed by atoms with Crippen LogP contribution in [0.25, 0.3) is 6.08 Å². The minimum Gasteiger partial charge on any atom is -0.480 e. The van der Waals surface area contributed by atoms with Gasteiger partial charge in [0.25, 0.3) is 10.0 Å². The fourth-order valence-corrected chi connectivity index (χ4v) is 3.78. The van der Waals surface area contributed by atoms with E-state index in [1.165, 1.54) is 49.6 Å². The van der Waals surface area contributed by atoms with Gasteiger partial charge in [0.2, 0.25) is 11.8 Å². The molecule has 3 N–H and O–H groups in total. The first-order valence-electron chi connectivity index (χ1n) is 9.62. The first-order chi connectivity index (χ1) is 15.7. The molecule has 0 aliphatic carbocycles. The molecule has 3 rings (SSSR count). The van der Waals surface area contributed by atoms with Crippen molar-refractivity contribution in [1.29, 1.82) is 0 Å². The number of carbonyl (C=O) groups is 1.